The Labute approximate surface area is 109 Å². The second-order valence-corrected chi connectivity index (χ2v) is 4.47. The van der Waals surface area contributed by atoms with E-state index in [4.69, 9.17) is 10.9 Å². The van der Waals surface area contributed by atoms with Crippen LogP contribution in [0.1, 0.15) is 11.1 Å². The summed E-state index contributed by atoms with van der Waals surface area (Å²) in [6.45, 7) is 0. The number of oxime groups is 1. The van der Waals surface area contributed by atoms with Gasteiger partial charge in [0.15, 0.2) is 5.84 Å². The molecule has 92 valence electrons. The molecule has 6 heteroatoms. The standard InChI is InChI=1S/C12H12N4OS/c13-12(16-17)10-4-2-1-3-9(10)7-18-11-5-6-14-8-15-11/h1-6,8,17H,7H2,(H2,13,16). The lowest BCUT2D eigenvalue weighted by atomic mass is 10.1. The summed E-state index contributed by atoms with van der Waals surface area (Å²) in [6.07, 6.45) is 3.21. The maximum Gasteiger partial charge on any atom is 0.170 e. The maximum absolute atomic E-state index is 8.73. The summed E-state index contributed by atoms with van der Waals surface area (Å²) in [5, 5.41) is 12.7. The van der Waals surface area contributed by atoms with Gasteiger partial charge in [-0.1, -0.05) is 29.4 Å². The van der Waals surface area contributed by atoms with E-state index in [1.165, 1.54) is 6.33 Å². The van der Waals surface area contributed by atoms with E-state index in [0.29, 0.717) is 5.75 Å². The van der Waals surface area contributed by atoms with Crippen molar-refractivity contribution in [3.63, 3.8) is 0 Å². The Balaban J connectivity index is 2.15. The van der Waals surface area contributed by atoms with E-state index in [9.17, 15) is 0 Å². The van der Waals surface area contributed by atoms with Crippen LogP contribution >= 0.6 is 11.8 Å². The van der Waals surface area contributed by atoms with E-state index < -0.39 is 0 Å². The van der Waals surface area contributed by atoms with Crippen molar-refractivity contribution in [3.05, 3.63) is 54.0 Å². The summed E-state index contributed by atoms with van der Waals surface area (Å²) < 4.78 is 0. The molecular weight excluding hydrogens is 248 g/mol. The number of amidine groups is 1. The van der Waals surface area contributed by atoms with Crippen molar-refractivity contribution in [3.8, 4) is 0 Å². The summed E-state index contributed by atoms with van der Waals surface area (Å²) in [6, 6.07) is 9.39. The van der Waals surface area contributed by atoms with Gasteiger partial charge in [-0.3, -0.25) is 0 Å². The number of hydrogen-bond acceptors (Lipinski definition) is 5. The minimum Gasteiger partial charge on any atom is -0.409 e. The van der Waals surface area contributed by atoms with Gasteiger partial charge < -0.3 is 10.9 Å². The average molecular weight is 260 g/mol. The van der Waals surface area contributed by atoms with Gasteiger partial charge in [0.25, 0.3) is 0 Å². The summed E-state index contributed by atoms with van der Waals surface area (Å²) in [5.74, 6) is 0.817. The summed E-state index contributed by atoms with van der Waals surface area (Å²) >= 11 is 1.57. The van der Waals surface area contributed by atoms with Crippen molar-refractivity contribution in [2.45, 2.75) is 10.8 Å². The number of thioether (sulfide) groups is 1. The Kier molecular flexibility index (Phi) is 4.14. The van der Waals surface area contributed by atoms with Gasteiger partial charge in [0.05, 0.1) is 5.03 Å². The van der Waals surface area contributed by atoms with Gasteiger partial charge in [-0.05, 0) is 11.6 Å². The zero-order valence-corrected chi connectivity index (χ0v) is 10.3. The highest BCUT2D eigenvalue weighted by Crippen LogP contribution is 2.22. The lowest BCUT2D eigenvalue weighted by Crippen LogP contribution is -2.15. The van der Waals surface area contributed by atoms with Gasteiger partial charge in [0, 0.05) is 17.5 Å². The Morgan fingerprint density at radius 2 is 2.17 bits per heavy atom. The van der Waals surface area contributed by atoms with Crippen LogP contribution in [0.3, 0.4) is 0 Å². The van der Waals surface area contributed by atoms with Crippen LogP contribution in [0.2, 0.25) is 0 Å². The van der Waals surface area contributed by atoms with Crippen molar-refractivity contribution < 1.29 is 5.21 Å². The van der Waals surface area contributed by atoms with Crippen molar-refractivity contribution in [2.24, 2.45) is 10.9 Å². The molecule has 2 aromatic rings. The quantitative estimate of drug-likeness (QED) is 0.219. The predicted molar refractivity (Wildman–Crippen MR) is 70.5 cm³/mol. The molecule has 0 aliphatic carbocycles. The first kappa shape index (κ1) is 12.4. The molecular formula is C12H12N4OS. The van der Waals surface area contributed by atoms with Crippen LogP contribution < -0.4 is 5.73 Å². The third-order valence-corrected chi connectivity index (χ3v) is 3.32. The molecule has 0 saturated carbocycles. The average Bonchev–Trinajstić information content (AvgIpc) is 2.45. The highest BCUT2D eigenvalue weighted by Gasteiger charge is 2.06. The zero-order valence-electron chi connectivity index (χ0n) is 9.52. The first-order valence-corrected chi connectivity index (χ1v) is 6.24. The fraction of sp³-hybridized carbons (Fsp3) is 0.0833. The molecule has 5 nitrogen and oxygen atoms in total. The van der Waals surface area contributed by atoms with Crippen LogP contribution in [0.4, 0.5) is 0 Å². The third kappa shape index (κ3) is 2.98. The van der Waals surface area contributed by atoms with Crippen LogP contribution in [0.15, 0.2) is 53.0 Å². The van der Waals surface area contributed by atoms with Crippen LogP contribution in [-0.2, 0) is 5.75 Å². The summed E-state index contributed by atoms with van der Waals surface area (Å²) in [7, 11) is 0. The molecule has 0 spiro atoms. The normalized spacial score (nSPS) is 11.4. The molecule has 0 atom stereocenters. The van der Waals surface area contributed by atoms with Gasteiger partial charge >= 0.3 is 0 Å². The minimum absolute atomic E-state index is 0.119. The van der Waals surface area contributed by atoms with Crippen LogP contribution in [0, 0.1) is 0 Å². The van der Waals surface area contributed by atoms with E-state index in [1.54, 1.807) is 18.0 Å². The predicted octanol–water partition coefficient (Wildman–Crippen LogP) is 1.86. The Hall–Kier alpha value is -2.08. The molecule has 0 bridgehead atoms. The van der Waals surface area contributed by atoms with Gasteiger partial charge in [-0.25, -0.2) is 9.97 Å². The first-order chi connectivity index (χ1) is 8.81. The van der Waals surface area contributed by atoms with Crippen LogP contribution in [0.25, 0.3) is 0 Å². The lowest BCUT2D eigenvalue weighted by Gasteiger charge is -2.07. The van der Waals surface area contributed by atoms with E-state index in [2.05, 4.69) is 15.1 Å². The van der Waals surface area contributed by atoms with Gasteiger partial charge in [0.1, 0.15) is 6.33 Å². The number of aromatic nitrogens is 2. The summed E-state index contributed by atoms with van der Waals surface area (Å²) in [4.78, 5) is 7.99. The second kappa shape index (κ2) is 6.02. The molecule has 0 aliphatic rings. The Morgan fingerprint density at radius 1 is 1.33 bits per heavy atom. The van der Waals surface area contributed by atoms with Crippen molar-refractivity contribution in [1.82, 2.24) is 9.97 Å². The molecule has 0 unspecified atom stereocenters. The fourth-order valence-corrected chi connectivity index (χ4v) is 2.30. The molecule has 0 radical (unpaired) electrons. The van der Waals surface area contributed by atoms with Gasteiger partial charge in [-0.15, -0.1) is 11.8 Å². The van der Waals surface area contributed by atoms with E-state index in [-0.39, 0.29) is 5.84 Å². The lowest BCUT2D eigenvalue weighted by molar-refractivity contribution is 0.318. The molecule has 2 rings (SSSR count). The molecule has 1 aromatic heterocycles. The van der Waals surface area contributed by atoms with E-state index in [1.807, 2.05) is 30.3 Å². The van der Waals surface area contributed by atoms with Crippen LogP contribution in [0.5, 0.6) is 0 Å². The second-order valence-electron chi connectivity index (χ2n) is 3.48. The van der Waals surface area contributed by atoms with Gasteiger partial charge in [0.2, 0.25) is 0 Å². The minimum atomic E-state index is 0.119. The topological polar surface area (TPSA) is 84.4 Å². The van der Waals surface area contributed by atoms with Gasteiger partial charge in [-0.2, -0.15) is 0 Å². The molecule has 1 aromatic carbocycles. The monoisotopic (exact) mass is 260 g/mol. The molecule has 0 aliphatic heterocycles. The molecule has 18 heavy (non-hydrogen) atoms. The van der Waals surface area contributed by atoms with E-state index >= 15 is 0 Å². The molecule has 1 heterocycles. The van der Waals surface area contributed by atoms with E-state index in [0.717, 1.165) is 16.2 Å². The molecule has 0 saturated heterocycles. The Bertz CT molecular complexity index is 545. The third-order valence-electron chi connectivity index (χ3n) is 2.33. The SMILES string of the molecule is NC(=NO)c1ccccc1CSc1ccncn1. The highest BCUT2D eigenvalue weighted by molar-refractivity contribution is 7.98. The number of nitrogens with two attached hydrogens (primary N) is 1. The number of benzene rings is 1. The van der Waals surface area contributed by atoms with Crippen molar-refractivity contribution in [2.75, 3.05) is 0 Å². The van der Waals surface area contributed by atoms with Crippen molar-refractivity contribution in [1.29, 1.82) is 0 Å². The van der Waals surface area contributed by atoms with Crippen molar-refractivity contribution >= 4 is 17.6 Å². The molecule has 3 N–H and O–H groups in total. The molecule has 0 fully saturated rings. The number of rotatable bonds is 4. The number of hydrogen-bond donors (Lipinski definition) is 2. The summed E-state index contributed by atoms with van der Waals surface area (Å²) in [5.41, 5.74) is 7.36. The fourth-order valence-electron chi connectivity index (χ4n) is 1.47. The molecule has 0 amide bonds. The zero-order chi connectivity index (χ0) is 12.8. The largest absolute Gasteiger partial charge is 0.409 e. The first-order valence-electron chi connectivity index (χ1n) is 5.26. The Morgan fingerprint density at radius 3 is 2.89 bits per heavy atom. The number of nitrogens with zero attached hydrogens (tertiary/aromatic N) is 3. The maximum atomic E-state index is 8.73. The smallest absolute Gasteiger partial charge is 0.170 e. The van der Waals surface area contributed by atoms with Crippen LogP contribution in [-0.4, -0.2) is 21.0 Å². The highest BCUT2D eigenvalue weighted by atomic mass is 32.2.